The average molecular weight is 272 g/mol. The number of hydrogen-bond donors (Lipinski definition) is 0. The van der Waals surface area contributed by atoms with Crippen molar-refractivity contribution < 1.29 is 0 Å². The van der Waals surface area contributed by atoms with Crippen LogP contribution in [0, 0.1) is 0 Å². The van der Waals surface area contributed by atoms with Crippen LogP contribution in [0.4, 0.5) is 0 Å². The fourth-order valence-electron chi connectivity index (χ4n) is 1.95. The zero-order valence-electron chi connectivity index (χ0n) is 8.38. The van der Waals surface area contributed by atoms with Crippen LogP contribution in [0.3, 0.4) is 0 Å². The summed E-state index contributed by atoms with van der Waals surface area (Å²) in [5.41, 5.74) is 0. The van der Waals surface area contributed by atoms with Crippen molar-refractivity contribution in [2.45, 2.75) is 34.1 Å². The van der Waals surface area contributed by atoms with E-state index in [0.717, 1.165) is 0 Å². The van der Waals surface area contributed by atoms with E-state index in [1.54, 1.807) is 0 Å². The third-order valence-electron chi connectivity index (χ3n) is 3.13. The SMILES string of the molecule is C[CH2][Sn]([CH2]C)([CH2]C)[n]1cccc1. The Balaban J connectivity index is 2.93. The van der Waals surface area contributed by atoms with E-state index in [-0.39, 0.29) is 0 Å². The maximum absolute atomic E-state index is 2.56. The van der Waals surface area contributed by atoms with Crippen LogP contribution in [0.5, 0.6) is 0 Å². The monoisotopic (exact) mass is 273 g/mol. The predicted molar refractivity (Wildman–Crippen MR) is 57.0 cm³/mol. The van der Waals surface area contributed by atoms with Gasteiger partial charge in [0, 0.05) is 0 Å². The minimum absolute atomic E-state index is 1.43. The van der Waals surface area contributed by atoms with Crippen molar-refractivity contribution in [3.05, 3.63) is 24.5 Å². The molecule has 0 aliphatic rings. The van der Waals surface area contributed by atoms with Crippen LogP contribution in [0.25, 0.3) is 0 Å². The Labute approximate surface area is 80.0 Å². The van der Waals surface area contributed by atoms with Gasteiger partial charge < -0.3 is 0 Å². The van der Waals surface area contributed by atoms with Crippen LogP contribution in [-0.4, -0.2) is 21.4 Å². The summed E-state index contributed by atoms with van der Waals surface area (Å²) in [4.78, 5) is 0. The molecule has 0 fully saturated rings. The molecule has 12 heavy (non-hydrogen) atoms. The standard InChI is InChI=1S/C4H4N.3C2H5.Sn/c1-2-4-5-3-1;3*1-2;/h1-4H;3*1H2,2H3;/q-1;;;;+1. The quantitative estimate of drug-likeness (QED) is 0.741. The van der Waals surface area contributed by atoms with Gasteiger partial charge in [0.1, 0.15) is 0 Å². The predicted octanol–water partition coefficient (Wildman–Crippen LogP) is 3.34. The third-order valence-corrected chi connectivity index (χ3v) is 18.4. The maximum atomic E-state index is 2.56. The average Bonchev–Trinajstić information content (AvgIpc) is 2.62. The molecule has 0 aromatic carbocycles. The van der Waals surface area contributed by atoms with Gasteiger partial charge in [-0.2, -0.15) is 0 Å². The van der Waals surface area contributed by atoms with E-state index in [2.05, 4.69) is 48.1 Å². The van der Waals surface area contributed by atoms with Crippen LogP contribution in [-0.2, 0) is 0 Å². The summed E-state index contributed by atoms with van der Waals surface area (Å²) in [6.07, 6.45) is 4.54. The van der Waals surface area contributed by atoms with Crippen molar-refractivity contribution >= 4 is 18.7 Å². The molecular formula is C10H19NSn. The first kappa shape index (κ1) is 10.2. The molecule has 0 amide bonds. The minimum atomic E-state index is -1.89. The van der Waals surface area contributed by atoms with Gasteiger partial charge in [-0.3, -0.25) is 0 Å². The van der Waals surface area contributed by atoms with Crippen molar-refractivity contribution in [2.75, 3.05) is 0 Å². The van der Waals surface area contributed by atoms with Gasteiger partial charge in [-0.15, -0.1) is 0 Å². The zero-order valence-corrected chi connectivity index (χ0v) is 11.2. The molecule has 1 heterocycles. The summed E-state index contributed by atoms with van der Waals surface area (Å²) < 4.78 is 6.84. The van der Waals surface area contributed by atoms with Crippen LogP contribution in [0.2, 0.25) is 13.3 Å². The Morgan fingerprint density at radius 2 is 1.33 bits per heavy atom. The molecule has 1 aromatic heterocycles. The second-order valence-electron chi connectivity index (χ2n) is 3.38. The molecule has 0 aliphatic heterocycles. The first-order valence-corrected chi connectivity index (χ1v) is 12.3. The number of rotatable bonds is 4. The van der Waals surface area contributed by atoms with E-state index < -0.39 is 18.7 Å². The molecule has 1 nitrogen and oxygen atoms in total. The van der Waals surface area contributed by atoms with Crippen molar-refractivity contribution in [3.63, 3.8) is 0 Å². The van der Waals surface area contributed by atoms with E-state index in [0.29, 0.717) is 0 Å². The zero-order chi connectivity index (χ0) is 9.03. The summed E-state index contributed by atoms with van der Waals surface area (Å²) in [6, 6.07) is 4.32. The van der Waals surface area contributed by atoms with Crippen LogP contribution < -0.4 is 0 Å². The molecule has 0 aliphatic carbocycles. The van der Waals surface area contributed by atoms with Gasteiger partial charge in [0.15, 0.2) is 0 Å². The second kappa shape index (κ2) is 4.35. The summed E-state index contributed by atoms with van der Waals surface area (Å²) >= 11 is -1.89. The third kappa shape index (κ3) is 1.70. The fraction of sp³-hybridized carbons (Fsp3) is 0.600. The Bertz CT molecular complexity index is 203. The Morgan fingerprint density at radius 1 is 0.917 bits per heavy atom. The molecule has 0 unspecified atom stereocenters. The van der Waals surface area contributed by atoms with Crippen LogP contribution in [0.15, 0.2) is 24.5 Å². The molecule has 0 spiro atoms. The first-order valence-electron chi connectivity index (χ1n) is 4.92. The van der Waals surface area contributed by atoms with E-state index >= 15 is 0 Å². The number of hydrogen-bond acceptors (Lipinski definition) is 0. The molecule has 0 atom stereocenters. The van der Waals surface area contributed by atoms with Gasteiger partial charge >= 0.3 is 80.0 Å². The molecule has 1 rings (SSSR count). The molecule has 0 saturated heterocycles. The van der Waals surface area contributed by atoms with Gasteiger partial charge in [-0.25, -0.2) is 0 Å². The Morgan fingerprint density at radius 3 is 1.67 bits per heavy atom. The molecule has 68 valence electrons. The topological polar surface area (TPSA) is 4.93 Å². The molecule has 0 N–H and O–H groups in total. The van der Waals surface area contributed by atoms with Gasteiger partial charge in [0.25, 0.3) is 0 Å². The van der Waals surface area contributed by atoms with Gasteiger partial charge in [0.2, 0.25) is 0 Å². The van der Waals surface area contributed by atoms with E-state index in [4.69, 9.17) is 0 Å². The van der Waals surface area contributed by atoms with Crippen LogP contribution in [0.1, 0.15) is 20.8 Å². The molecule has 0 saturated carbocycles. The van der Waals surface area contributed by atoms with E-state index in [1.807, 2.05) is 0 Å². The van der Waals surface area contributed by atoms with Crippen molar-refractivity contribution in [2.24, 2.45) is 0 Å². The van der Waals surface area contributed by atoms with Gasteiger partial charge in [0.05, 0.1) is 0 Å². The van der Waals surface area contributed by atoms with Crippen molar-refractivity contribution in [1.82, 2.24) is 2.79 Å². The molecule has 0 radical (unpaired) electrons. The Kier molecular flexibility index (Phi) is 3.69. The first-order chi connectivity index (χ1) is 5.79. The second-order valence-corrected chi connectivity index (χ2v) is 17.9. The van der Waals surface area contributed by atoms with E-state index in [1.165, 1.54) is 13.3 Å². The summed E-state index contributed by atoms with van der Waals surface area (Å²) in [5.74, 6) is 0. The number of nitrogens with zero attached hydrogens (tertiary/aromatic N) is 1. The normalized spacial score (nSPS) is 11.9. The fourth-order valence-corrected chi connectivity index (χ4v) is 11.7. The molecule has 0 bridgehead atoms. The van der Waals surface area contributed by atoms with Crippen LogP contribution >= 0.6 is 0 Å². The number of aromatic nitrogens is 1. The Hall–Kier alpha value is 0.0787. The molecule has 2 heteroatoms. The molecule has 1 aromatic rings. The van der Waals surface area contributed by atoms with Gasteiger partial charge in [-0.05, 0) is 0 Å². The summed E-state index contributed by atoms with van der Waals surface area (Å²) in [7, 11) is 0. The van der Waals surface area contributed by atoms with Gasteiger partial charge in [-0.1, -0.05) is 0 Å². The van der Waals surface area contributed by atoms with Crippen molar-refractivity contribution in [1.29, 1.82) is 0 Å². The van der Waals surface area contributed by atoms with E-state index in [9.17, 15) is 0 Å². The summed E-state index contributed by atoms with van der Waals surface area (Å²) in [5, 5.41) is 0. The molecular weight excluding hydrogens is 253 g/mol. The van der Waals surface area contributed by atoms with Crippen molar-refractivity contribution in [3.8, 4) is 0 Å². The summed E-state index contributed by atoms with van der Waals surface area (Å²) in [6.45, 7) is 7.09.